The van der Waals surface area contributed by atoms with Crippen molar-refractivity contribution in [2.75, 3.05) is 0 Å². The zero-order valence-electron chi connectivity index (χ0n) is 18.6. The Hall–Kier alpha value is -4.27. The molecule has 0 bridgehead atoms. The standard InChI is InChI=1S/C32H22N2/c1-3-12-22(13-4-1)34(23-14-5-2-6-15-23)29-21-11-20-26-24-16-7-8-17-25(24)30-27-18-9-10-19-28(27)32(34)33(30)31(26)29/h1-21,32H/q+2. The minimum Gasteiger partial charge on any atom is -0.159 e. The molecule has 2 aliphatic rings. The molecule has 0 spiro atoms. The van der Waals surface area contributed by atoms with Gasteiger partial charge in [0.15, 0.2) is 0 Å². The van der Waals surface area contributed by atoms with Crippen LogP contribution in [0, 0.1) is 0 Å². The number of fused-ring (bicyclic) bond motifs is 6. The Balaban J connectivity index is 1.67. The van der Waals surface area contributed by atoms with Crippen LogP contribution in [0.5, 0.6) is 0 Å². The third kappa shape index (κ3) is 1.99. The molecular formula is C32H22N2+2. The van der Waals surface area contributed by atoms with Crippen LogP contribution < -0.4 is 9.05 Å². The Morgan fingerprint density at radius 3 is 1.82 bits per heavy atom. The van der Waals surface area contributed by atoms with E-state index in [0.717, 1.165) is 0 Å². The number of nitrogens with zero attached hydrogens (tertiary/aromatic N) is 2. The molecule has 5 aromatic carbocycles. The molecule has 158 valence electrons. The highest BCUT2D eigenvalue weighted by Gasteiger charge is 2.63. The second-order valence-corrected chi connectivity index (χ2v) is 9.29. The number of pyridine rings is 1. The zero-order valence-corrected chi connectivity index (χ0v) is 18.6. The summed E-state index contributed by atoms with van der Waals surface area (Å²) in [5, 5.41) is 3.96. The molecule has 0 saturated carbocycles. The van der Waals surface area contributed by atoms with Gasteiger partial charge in [0.05, 0.1) is 21.9 Å². The lowest BCUT2D eigenvalue weighted by Crippen LogP contribution is -2.50. The molecular weight excluding hydrogens is 412 g/mol. The van der Waals surface area contributed by atoms with E-state index in [1.807, 2.05) is 0 Å². The average molecular weight is 435 g/mol. The molecule has 0 N–H and O–H groups in total. The first-order valence-corrected chi connectivity index (χ1v) is 11.9. The molecule has 0 fully saturated rings. The van der Waals surface area contributed by atoms with E-state index >= 15 is 0 Å². The van der Waals surface area contributed by atoms with Crippen molar-refractivity contribution in [2.45, 2.75) is 6.17 Å². The Bertz CT molecular complexity index is 1710. The number of rotatable bonds is 2. The van der Waals surface area contributed by atoms with E-state index in [-0.39, 0.29) is 6.17 Å². The van der Waals surface area contributed by atoms with Crippen LogP contribution in [0.25, 0.3) is 32.9 Å². The fourth-order valence-electron chi connectivity index (χ4n) is 6.60. The van der Waals surface area contributed by atoms with E-state index in [4.69, 9.17) is 0 Å². The van der Waals surface area contributed by atoms with Crippen LogP contribution in [-0.2, 0) is 0 Å². The van der Waals surface area contributed by atoms with Crippen molar-refractivity contribution in [2.24, 2.45) is 0 Å². The summed E-state index contributed by atoms with van der Waals surface area (Å²) >= 11 is 0. The van der Waals surface area contributed by atoms with E-state index in [1.165, 1.54) is 55.6 Å². The van der Waals surface area contributed by atoms with Crippen LogP contribution in [0.2, 0.25) is 0 Å². The molecule has 2 heteroatoms. The lowest BCUT2D eigenvalue weighted by atomic mass is 9.96. The summed E-state index contributed by atoms with van der Waals surface area (Å²) in [6.07, 6.45) is 0.0977. The molecule has 1 unspecified atom stereocenters. The highest BCUT2D eigenvalue weighted by molar-refractivity contribution is 6.13. The quantitative estimate of drug-likeness (QED) is 0.149. The highest BCUT2D eigenvalue weighted by Crippen LogP contribution is 2.59. The van der Waals surface area contributed by atoms with Gasteiger partial charge in [-0.15, -0.1) is 4.57 Å². The minimum absolute atomic E-state index is 0.0977. The van der Waals surface area contributed by atoms with Crippen LogP contribution >= 0.6 is 0 Å². The molecule has 1 aromatic heterocycles. The predicted molar refractivity (Wildman–Crippen MR) is 139 cm³/mol. The largest absolute Gasteiger partial charge is 0.327 e. The van der Waals surface area contributed by atoms with Gasteiger partial charge in [0.2, 0.25) is 11.4 Å². The van der Waals surface area contributed by atoms with Crippen molar-refractivity contribution in [1.82, 2.24) is 4.48 Å². The summed E-state index contributed by atoms with van der Waals surface area (Å²) in [5.74, 6) is 0. The molecule has 0 amide bonds. The van der Waals surface area contributed by atoms with Crippen LogP contribution in [0.1, 0.15) is 11.7 Å². The maximum atomic E-state index is 2.64. The minimum atomic E-state index is 0.0977. The van der Waals surface area contributed by atoms with Gasteiger partial charge in [-0.2, -0.15) is 4.48 Å². The van der Waals surface area contributed by atoms with Gasteiger partial charge in [0.25, 0.3) is 5.52 Å². The first-order chi connectivity index (χ1) is 16.9. The molecule has 0 radical (unpaired) electrons. The monoisotopic (exact) mass is 434 g/mol. The molecule has 0 saturated heterocycles. The number of hydrogen-bond donors (Lipinski definition) is 0. The Morgan fingerprint density at radius 2 is 1.09 bits per heavy atom. The van der Waals surface area contributed by atoms with Gasteiger partial charge in [0, 0.05) is 35.7 Å². The van der Waals surface area contributed by atoms with Gasteiger partial charge < -0.3 is 0 Å². The second-order valence-electron chi connectivity index (χ2n) is 9.29. The second kappa shape index (κ2) is 6.40. The number of quaternary nitrogens is 1. The first-order valence-electron chi connectivity index (χ1n) is 11.9. The molecule has 8 rings (SSSR count). The third-order valence-corrected chi connectivity index (χ3v) is 7.78. The van der Waals surface area contributed by atoms with Crippen LogP contribution in [-0.4, -0.2) is 0 Å². The van der Waals surface area contributed by atoms with Gasteiger partial charge in [0.1, 0.15) is 11.4 Å². The van der Waals surface area contributed by atoms with Crippen molar-refractivity contribution in [1.29, 1.82) is 0 Å². The Labute approximate surface area is 198 Å². The molecule has 2 aliphatic heterocycles. The molecule has 1 atom stereocenters. The summed E-state index contributed by atoms with van der Waals surface area (Å²) in [6, 6.07) is 46.9. The summed E-state index contributed by atoms with van der Waals surface area (Å²) in [6.45, 7) is 0. The Morgan fingerprint density at radius 1 is 0.500 bits per heavy atom. The average Bonchev–Trinajstić information content (AvgIpc) is 3.42. The van der Waals surface area contributed by atoms with Gasteiger partial charge in [-0.05, 0) is 24.3 Å². The highest BCUT2D eigenvalue weighted by atomic mass is 15.5. The summed E-state index contributed by atoms with van der Waals surface area (Å²) in [7, 11) is 0. The van der Waals surface area contributed by atoms with Crippen molar-refractivity contribution in [3.63, 3.8) is 0 Å². The lowest BCUT2D eigenvalue weighted by molar-refractivity contribution is -0.676. The summed E-state index contributed by atoms with van der Waals surface area (Å²) < 4.78 is 3.29. The lowest BCUT2D eigenvalue weighted by Gasteiger charge is -2.34. The number of hydrogen-bond acceptors (Lipinski definition) is 0. The zero-order chi connectivity index (χ0) is 22.3. The van der Waals surface area contributed by atoms with Gasteiger partial charge in [-0.25, -0.2) is 0 Å². The van der Waals surface area contributed by atoms with Crippen molar-refractivity contribution in [3.05, 3.63) is 133 Å². The van der Waals surface area contributed by atoms with Gasteiger partial charge >= 0.3 is 6.17 Å². The van der Waals surface area contributed by atoms with Crippen LogP contribution in [0.15, 0.2) is 127 Å². The number of aromatic nitrogens is 1. The fraction of sp³-hybridized carbons (Fsp3) is 0.0312. The molecule has 6 aromatic rings. The predicted octanol–water partition coefficient (Wildman–Crippen LogP) is 7.79. The molecule has 3 heterocycles. The summed E-state index contributed by atoms with van der Waals surface area (Å²) in [4.78, 5) is 0. The van der Waals surface area contributed by atoms with Crippen LogP contribution in [0.4, 0.5) is 17.1 Å². The number of para-hydroxylation sites is 3. The fourth-order valence-corrected chi connectivity index (χ4v) is 6.60. The van der Waals surface area contributed by atoms with Gasteiger partial charge in [-0.3, -0.25) is 0 Å². The third-order valence-electron chi connectivity index (χ3n) is 7.78. The normalized spacial score (nSPS) is 16.8. The van der Waals surface area contributed by atoms with Crippen molar-refractivity contribution >= 4 is 38.7 Å². The van der Waals surface area contributed by atoms with E-state index in [1.54, 1.807) is 0 Å². The molecule has 34 heavy (non-hydrogen) atoms. The molecule has 0 aliphatic carbocycles. The smallest absolute Gasteiger partial charge is 0.159 e. The van der Waals surface area contributed by atoms with E-state index < -0.39 is 0 Å². The Kier molecular flexibility index (Phi) is 3.43. The number of benzene rings is 5. The first kappa shape index (κ1) is 18.2. The topological polar surface area (TPSA) is 3.88 Å². The van der Waals surface area contributed by atoms with E-state index in [9.17, 15) is 0 Å². The SMILES string of the molecule is c1ccc([N+]2(c3ccccc3)c3cccc4c5ccccc5c5[n+](c34)C2c2ccccc2-5)cc1. The van der Waals surface area contributed by atoms with Crippen LogP contribution in [0.3, 0.4) is 0 Å². The van der Waals surface area contributed by atoms with Gasteiger partial charge in [-0.1, -0.05) is 72.8 Å². The van der Waals surface area contributed by atoms with Crippen molar-refractivity contribution in [3.8, 4) is 11.3 Å². The van der Waals surface area contributed by atoms with E-state index in [2.05, 4.69) is 132 Å². The summed E-state index contributed by atoms with van der Waals surface area (Å²) in [5.41, 5.74) is 9.29. The molecule has 2 nitrogen and oxygen atoms in total. The van der Waals surface area contributed by atoms with Crippen molar-refractivity contribution < 1.29 is 4.57 Å². The maximum Gasteiger partial charge on any atom is 0.327 e. The maximum absolute atomic E-state index is 2.64. The van der Waals surface area contributed by atoms with E-state index in [0.29, 0.717) is 4.48 Å².